The third-order valence-electron chi connectivity index (χ3n) is 5.74. The summed E-state index contributed by atoms with van der Waals surface area (Å²) < 4.78 is 37.9. The molecule has 2 aromatic carbocycles. The Morgan fingerprint density at radius 2 is 1.84 bits per heavy atom. The molecule has 4 rings (SSSR count). The number of hydrogen-bond acceptors (Lipinski definition) is 6. The van der Waals surface area contributed by atoms with Crippen LogP contribution in [0.5, 0.6) is 0 Å². The molecular formula is C22H24N2O6S. The first-order valence-electron chi connectivity index (χ1n) is 10.1. The third kappa shape index (κ3) is 3.90. The molecule has 0 aromatic heterocycles. The largest absolute Gasteiger partial charge is 0.465 e. The molecule has 0 atom stereocenters. The zero-order chi connectivity index (χ0) is 22.2. The number of aryl methyl sites for hydroxylation is 1. The number of carbonyl (C=O) groups excluding carboxylic acids is 2. The number of rotatable bonds is 4. The fraction of sp³-hybridized carbons (Fsp3) is 0.364. The van der Waals surface area contributed by atoms with E-state index in [0.717, 1.165) is 16.8 Å². The van der Waals surface area contributed by atoms with Crippen LogP contribution in [0.3, 0.4) is 0 Å². The summed E-state index contributed by atoms with van der Waals surface area (Å²) in [5, 5.41) is 0. The Labute approximate surface area is 181 Å². The van der Waals surface area contributed by atoms with E-state index in [1.54, 1.807) is 17.0 Å². The Morgan fingerprint density at radius 3 is 2.55 bits per heavy atom. The van der Waals surface area contributed by atoms with Gasteiger partial charge in [-0.15, -0.1) is 0 Å². The molecule has 0 radical (unpaired) electrons. The molecule has 2 aliphatic rings. The van der Waals surface area contributed by atoms with E-state index in [1.807, 2.05) is 25.1 Å². The number of anilines is 1. The van der Waals surface area contributed by atoms with Crippen molar-refractivity contribution < 1.29 is 27.5 Å². The van der Waals surface area contributed by atoms with E-state index in [4.69, 9.17) is 9.47 Å². The summed E-state index contributed by atoms with van der Waals surface area (Å²) in [6.45, 7) is 2.68. The van der Waals surface area contributed by atoms with Crippen molar-refractivity contribution in [2.75, 3.05) is 25.1 Å². The molecular weight excluding hydrogens is 420 g/mol. The summed E-state index contributed by atoms with van der Waals surface area (Å²) in [4.78, 5) is 26.1. The van der Waals surface area contributed by atoms with Crippen LogP contribution in [0.1, 0.15) is 34.3 Å². The molecule has 2 heterocycles. The van der Waals surface area contributed by atoms with Gasteiger partial charge in [0.2, 0.25) is 10.0 Å². The van der Waals surface area contributed by atoms with Crippen molar-refractivity contribution in [1.29, 1.82) is 0 Å². The highest BCUT2D eigenvalue weighted by atomic mass is 32.2. The molecule has 0 aliphatic carbocycles. The minimum Gasteiger partial charge on any atom is -0.465 e. The zero-order valence-corrected chi connectivity index (χ0v) is 18.2. The summed E-state index contributed by atoms with van der Waals surface area (Å²) in [6, 6.07) is 11.7. The van der Waals surface area contributed by atoms with Gasteiger partial charge < -0.3 is 9.47 Å². The summed E-state index contributed by atoms with van der Waals surface area (Å²) in [5.41, 5.74) is 2.86. The Morgan fingerprint density at radius 1 is 1.13 bits per heavy atom. The molecule has 1 saturated heterocycles. The quantitative estimate of drug-likeness (QED) is 0.673. The Kier molecular flexibility index (Phi) is 5.72. The van der Waals surface area contributed by atoms with Crippen LogP contribution in [-0.2, 0) is 26.1 Å². The van der Waals surface area contributed by atoms with Crippen molar-refractivity contribution in [3.8, 4) is 0 Å². The van der Waals surface area contributed by atoms with Crippen molar-refractivity contribution in [3.05, 3.63) is 59.2 Å². The number of nitrogens with zero attached hydrogens (tertiary/aromatic N) is 2. The van der Waals surface area contributed by atoms with Crippen molar-refractivity contribution in [2.24, 2.45) is 0 Å². The number of sulfonamides is 1. The molecule has 2 aromatic rings. The van der Waals surface area contributed by atoms with Gasteiger partial charge in [-0.2, -0.15) is 4.31 Å². The maximum atomic E-state index is 13.2. The fourth-order valence-electron chi connectivity index (χ4n) is 4.17. The van der Waals surface area contributed by atoms with Gasteiger partial charge in [0.25, 0.3) is 0 Å². The monoisotopic (exact) mass is 444 g/mol. The van der Waals surface area contributed by atoms with E-state index >= 15 is 0 Å². The second-order valence-electron chi connectivity index (χ2n) is 7.68. The molecule has 0 spiro atoms. The highest BCUT2D eigenvalue weighted by Gasteiger charge is 2.38. The highest BCUT2D eigenvalue weighted by molar-refractivity contribution is 7.89. The average Bonchev–Trinajstić information content (AvgIpc) is 2.78. The first kappa shape index (κ1) is 21.3. The SMILES string of the molecule is COC(=O)c1ccccc1S(=O)(=O)N1CCC(N2C(=O)OCc3cc(C)ccc32)CC1. The second kappa shape index (κ2) is 8.32. The number of cyclic esters (lactones) is 1. The van der Waals surface area contributed by atoms with Crippen molar-refractivity contribution in [2.45, 2.75) is 37.3 Å². The summed E-state index contributed by atoms with van der Waals surface area (Å²) in [5.74, 6) is -0.697. The lowest BCUT2D eigenvalue weighted by atomic mass is 10.0. The van der Waals surface area contributed by atoms with E-state index in [-0.39, 0.29) is 36.2 Å². The Hall–Kier alpha value is -2.91. The van der Waals surface area contributed by atoms with Gasteiger partial charge in [0.05, 0.1) is 23.3 Å². The van der Waals surface area contributed by atoms with Crippen LogP contribution in [-0.4, -0.2) is 51.0 Å². The number of fused-ring (bicyclic) bond motifs is 1. The number of amides is 1. The molecule has 0 N–H and O–H groups in total. The minimum absolute atomic E-state index is 0.0102. The van der Waals surface area contributed by atoms with Gasteiger partial charge in [-0.05, 0) is 38.0 Å². The van der Waals surface area contributed by atoms with Crippen molar-refractivity contribution in [1.82, 2.24) is 4.31 Å². The lowest BCUT2D eigenvalue weighted by molar-refractivity contribution is 0.0596. The van der Waals surface area contributed by atoms with Gasteiger partial charge >= 0.3 is 12.1 Å². The van der Waals surface area contributed by atoms with Crippen LogP contribution in [0, 0.1) is 6.92 Å². The average molecular weight is 445 g/mol. The normalized spacial score (nSPS) is 17.7. The van der Waals surface area contributed by atoms with Gasteiger partial charge in [-0.1, -0.05) is 29.8 Å². The number of hydrogen-bond donors (Lipinski definition) is 0. The number of ether oxygens (including phenoxy) is 2. The van der Waals surface area contributed by atoms with Gasteiger partial charge in [0.15, 0.2) is 0 Å². The van der Waals surface area contributed by atoms with Crippen LogP contribution >= 0.6 is 0 Å². The predicted molar refractivity (Wildman–Crippen MR) is 113 cm³/mol. The number of esters is 1. The summed E-state index contributed by atoms with van der Waals surface area (Å²) in [7, 11) is -2.67. The highest BCUT2D eigenvalue weighted by Crippen LogP contribution is 2.33. The minimum atomic E-state index is -3.88. The van der Waals surface area contributed by atoms with Gasteiger partial charge in [0.1, 0.15) is 6.61 Å². The number of benzene rings is 2. The van der Waals surface area contributed by atoms with Crippen LogP contribution in [0.15, 0.2) is 47.4 Å². The lowest BCUT2D eigenvalue weighted by Gasteiger charge is -2.40. The van der Waals surface area contributed by atoms with E-state index < -0.39 is 22.1 Å². The standard InChI is InChI=1S/C22H24N2O6S/c1-15-7-8-19-16(13-15)14-30-22(26)24(19)17-9-11-23(12-10-17)31(27,28)20-6-4-3-5-18(20)21(25)29-2/h3-8,13,17H,9-12,14H2,1-2H3. The fourth-order valence-corrected chi connectivity index (χ4v) is 5.82. The van der Waals surface area contributed by atoms with Crippen LogP contribution in [0.2, 0.25) is 0 Å². The van der Waals surface area contributed by atoms with Gasteiger partial charge in [0, 0.05) is 24.7 Å². The van der Waals surface area contributed by atoms with Gasteiger partial charge in [-0.3, -0.25) is 4.90 Å². The maximum Gasteiger partial charge on any atom is 0.414 e. The smallest absolute Gasteiger partial charge is 0.414 e. The molecule has 164 valence electrons. The molecule has 9 heteroatoms. The maximum absolute atomic E-state index is 13.2. The second-order valence-corrected chi connectivity index (χ2v) is 9.59. The van der Waals surface area contributed by atoms with Crippen LogP contribution < -0.4 is 4.90 Å². The van der Waals surface area contributed by atoms with Crippen LogP contribution in [0.4, 0.5) is 10.5 Å². The predicted octanol–water partition coefficient (Wildman–Crippen LogP) is 3.09. The number of methoxy groups -OCH3 is 1. The molecule has 1 fully saturated rings. The summed E-state index contributed by atoms with van der Waals surface area (Å²) >= 11 is 0. The van der Waals surface area contributed by atoms with E-state index in [2.05, 4.69) is 0 Å². The molecule has 8 nitrogen and oxygen atoms in total. The zero-order valence-electron chi connectivity index (χ0n) is 17.4. The number of piperidine rings is 1. The first-order chi connectivity index (χ1) is 14.8. The van der Waals surface area contributed by atoms with Crippen molar-refractivity contribution in [3.63, 3.8) is 0 Å². The van der Waals surface area contributed by atoms with Crippen LogP contribution in [0.25, 0.3) is 0 Å². The molecule has 0 saturated carbocycles. The topological polar surface area (TPSA) is 93.2 Å². The van der Waals surface area contributed by atoms with E-state index in [0.29, 0.717) is 12.8 Å². The first-order valence-corrected chi connectivity index (χ1v) is 11.5. The number of carbonyl (C=O) groups is 2. The molecule has 0 unspecified atom stereocenters. The van der Waals surface area contributed by atoms with E-state index in [9.17, 15) is 18.0 Å². The summed E-state index contributed by atoms with van der Waals surface area (Å²) in [6.07, 6.45) is 0.512. The van der Waals surface area contributed by atoms with Crippen molar-refractivity contribution >= 4 is 27.8 Å². The molecule has 1 amide bonds. The van der Waals surface area contributed by atoms with E-state index in [1.165, 1.54) is 23.5 Å². The third-order valence-corrected chi connectivity index (χ3v) is 7.70. The Balaban J connectivity index is 1.55. The molecule has 2 aliphatic heterocycles. The van der Waals surface area contributed by atoms with Gasteiger partial charge in [-0.25, -0.2) is 18.0 Å². The Bertz CT molecular complexity index is 1120. The lowest BCUT2D eigenvalue weighted by Crippen LogP contribution is -2.50. The molecule has 31 heavy (non-hydrogen) atoms. The molecule has 0 bridgehead atoms.